The van der Waals surface area contributed by atoms with Crippen molar-refractivity contribution in [3.8, 4) is 22.1 Å². The van der Waals surface area contributed by atoms with Crippen molar-refractivity contribution < 1.29 is 9.47 Å². The predicted molar refractivity (Wildman–Crippen MR) is 81.8 cm³/mol. The molecule has 0 unspecified atom stereocenters. The molecule has 2 rings (SSSR count). The van der Waals surface area contributed by atoms with Crippen molar-refractivity contribution in [2.24, 2.45) is 0 Å². The van der Waals surface area contributed by atoms with E-state index in [1.54, 1.807) is 14.2 Å². The van der Waals surface area contributed by atoms with E-state index in [0.717, 1.165) is 35.1 Å². The van der Waals surface area contributed by atoms with Crippen molar-refractivity contribution in [1.82, 2.24) is 10.2 Å². The van der Waals surface area contributed by atoms with Gasteiger partial charge in [0.1, 0.15) is 5.01 Å². The molecular formula is C14H19N3O2S. The summed E-state index contributed by atoms with van der Waals surface area (Å²) in [6.07, 6.45) is 2.29. The van der Waals surface area contributed by atoms with Crippen LogP contribution in [0.25, 0.3) is 10.6 Å². The summed E-state index contributed by atoms with van der Waals surface area (Å²) in [4.78, 5) is 0. The minimum Gasteiger partial charge on any atom is -0.493 e. The van der Waals surface area contributed by atoms with Crippen molar-refractivity contribution in [1.29, 1.82) is 0 Å². The second kappa shape index (κ2) is 7.09. The summed E-state index contributed by atoms with van der Waals surface area (Å²) < 4.78 is 10.5. The molecule has 1 aromatic heterocycles. The Morgan fingerprint density at radius 1 is 1.15 bits per heavy atom. The van der Waals surface area contributed by atoms with Gasteiger partial charge in [-0.15, -0.1) is 10.2 Å². The Labute approximate surface area is 123 Å². The van der Waals surface area contributed by atoms with Gasteiger partial charge in [0, 0.05) is 12.1 Å². The quantitative estimate of drug-likeness (QED) is 0.793. The van der Waals surface area contributed by atoms with E-state index in [9.17, 15) is 0 Å². The van der Waals surface area contributed by atoms with E-state index < -0.39 is 0 Å². The van der Waals surface area contributed by atoms with Gasteiger partial charge >= 0.3 is 0 Å². The molecule has 6 heteroatoms. The molecule has 108 valence electrons. The smallest absolute Gasteiger partial charge is 0.206 e. The number of nitrogens with zero attached hydrogens (tertiary/aromatic N) is 2. The maximum atomic E-state index is 5.30. The third-order valence-electron chi connectivity index (χ3n) is 2.86. The highest BCUT2D eigenvalue weighted by atomic mass is 32.1. The first kappa shape index (κ1) is 14.6. The van der Waals surface area contributed by atoms with Gasteiger partial charge in [-0.25, -0.2) is 0 Å². The van der Waals surface area contributed by atoms with E-state index >= 15 is 0 Å². The highest BCUT2D eigenvalue weighted by molar-refractivity contribution is 7.18. The fourth-order valence-electron chi connectivity index (χ4n) is 1.75. The monoisotopic (exact) mass is 293 g/mol. The molecule has 0 atom stereocenters. The summed E-state index contributed by atoms with van der Waals surface area (Å²) in [5, 5.41) is 13.3. The maximum absolute atomic E-state index is 5.30. The average Bonchev–Trinajstić information content (AvgIpc) is 2.95. The molecule has 0 amide bonds. The lowest BCUT2D eigenvalue weighted by Gasteiger charge is -2.07. The van der Waals surface area contributed by atoms with Gasteiger partial charge in [-0.3, -0.25) is 0 Å². The zero-order chi connectivity index (χ0) is 14.4. The Morgan fingerprint density at radius 3 is 2.65 bits per heavy atom. The van der Waals surface area contributed by atoms with Gasteiger partial charge in [-0.2, -0.15) is 0 Å². The van der Waals surface area contributed by atoms with Crippen molar-refractivity contribution in [2.75, 3.05) is 26.1 Å². The lowest BCUT2D eigenvalue weighted by atomic mass is 10.2. The molecule has 1 aromatic carbocycles. The molecule has 0 spiro atoms. The fraction of sp³-hybridized carbons (Fsp3) is 0.429. The van der Waals surface area contributed by atoms with Crippen LogP contribution < -0.4 is 14.8 Å². The second-order valence-electron chi connectivity index (χ2n) is 4.26. The van der Waals surface area contributed by atoms with Crippen LogP contribution >= 0.6 is 11.3 Å². The molecule has 0 aliphatic rings. The zero-order valence-corrected chi connectivity index (χ0v) is 12.8. The Balaban J connectivity index is 2.15. The van der Waals surface area contributed by atoms with Crippen LogP contribution in [0.15, 0.2) is 18.2 Å². The molecule has 0 fully saturated rings. The Morgan fingerprint density at radius 2 is 1.95 bits per heavy atom. The molecule has 0 aliphatic heterocycles. The number of hydrogen-bond donors (Lipinski definition) is 1. The van der Waals surface area contributed by atoms with Crippen LogP contribution in [-0.2, 0) is 0 Å². The van der Waals surface area contributed by atoms with E-state index in [4.69, 9.17) is 9.47 Å². The summed E-state index contributed by atoms with van der Waals surface area (Å²) in [5.74, 6) is 1.41. The van der Waals surface area contributed by atoms with Gasteiger partial charge in [0.2, 0.25) is 5.13 Å². The molecule has 20 heavy (non-hydrogen) atoms. The van der Waals surface area contributed by atoms with Crippen LogP contribution in [0.2, 0.25) is 0 Å². The zero-order valence-electron chi connectivity index (χ0n) is 12.0. The van der Waals surface area contributed by atoms with E-state index in [2.05, 4.69) is 22.4 Å². The lowest BCUT2D eigenvalue weighted by Crippen LogP contribution is -1.99. The molecule has 1 N–H and O–H groups in total. The third-order valence-corrected chi connectivity index (χ3v) is 3.79. The molecule has 0 bridgehead atoms. The summed E-state index contributed by atoms with van der Waals surface area (Å²) in [6.45, 7) is 3.09. The number of ether oxygens (including phenoxy) is 2. The van der Waals surface area contributed by atoms with Gasteiger partial charge in [0.05, 0.1) is 14.2 Å². The number of unbranched alkanes of at least 4 members (excludes halogenated alkanes) is 1. The van der Waals surface area contributed by atoms with E-state index in [1.807, 2.05) is 18.2 Å². The van der Waals surface area contributed by atoms with Crippen LogP contribution in [0, 0.1) is 0 Å². The number of rotatable bonds is 7. The molecule has 2 aromatic rings. The fourth-order valence-corrected chi connectivity index (χ4v) is 2.52. The number of aromatic nitrogens is 2. The highest BCUT2D eigenvalue weighted by Crippen LogP contribution is 2.34. The Bertz CT molecular complexity index is 557. The molecule has 0 aliphatic carbocycles. The van der Waals surface area contributed by atoms with E-state index in [-0.39, 0.29) is 0 Å². The van der Waals surface area contributed by atoms with E-state index in [1.165, 1.54) is 11.3 Å². The van der Waals surface area contributed by atoms with Gasteiger partial charge in [-0.05, 0) is 24.6 Å². The first-order valence-electron chi connectivity index (χ1n) is 6.58. The summed E-state index contributed by atoms with van der Waals surface area (Å²) in [7, 11) is 3.25. The van der Waals surface area contributed by atoms with Crippen LogP contribution in [0.3, 0.4) is 0 Å². The summed E-state index contributed by atoms with van der Waals surface area (Å²) >= 11 is 1.54. The number of anilines is 1. The maximum Gasteiger partial charge on any atom is 0.206 e. The number of methoxy groups -OCH3 is 2. The average molecular weight is 293 g/mol. The highest BCUT2D eigenvalue weighted by Gasteiger charge is 2.10. The summed E-state index contributed by atoms with van der Waals surface area (Å²) in [6, 6.07) is 5.74. The SMILES string of the molecule is CCCCNc1nnc(-c2ccc(OC)c(OC)c2)s1. The predicted octanol–water partition coefficient (Wildman–Crippen LogP) is 3.43. The van der Waals surface area contributed by atoms with E-state index in [0.29, 0.717) is 11.5 Å². The Kier molecular flexibility index (Phi) is 5.17. The van der Waals surface area contributed by atoms with Crippen molar-refractivity contribution >= 4 is 16.5 Å². The van der Waals surface area contributed by atoms with Crippen LogP contribution in [0.5, 0.6) is 11.5 Å². The lowest BCUT2D eigenvalue weighted by molar-refractivity contribution is 0.355. The van der Waals surface area contributed by atoms with Gasteiger partial charge in [0.25, 0.3) is 0 Å². The van der Waals surface area contributed by atoms with Crippen molar-refractivity contribution in [3.63, 3.8) is 0 Å². The second-order valence-corrected chi connectivity index (χ2v) is 5.24. The van der Waals surface area contributed by atoms with Gasteiger partial charge < -0.3 is 14.8 Å². The van der Waals surface area contributed by atoms with Crippen molar-refractivity contribution in [2.45, 2.75) is 19.8 Å². The van der Waals surface area contributed by atoms with Crippen LogP contribution in [0.1, 0.15) is 19.8 Å². The van der Waals surface area contributed by atoms with Gasteiger partial charge in [0.15, 0.2) is 11.5 Å². The molecule has 5 nitrogen and oxygen atoms in total. The minimum atomic E-state index is 0.695. The normalized spacial score (nSPS) is 10.3. The number of nitrogens with one attached hydrogen (secondary N) is 1. The van der Waals surface area contributed by atoms with Gasteiger partial charge in [-0.1, -0.05) is 24.7 Å². The standard InChI is InChI=1S/C14H19N3O2S/c1-4-5-8-15-14-17-16-13(20-14)10-6-7-11(18-2)12(9-10)19-3/h6-7,9H,4-5,8H2,1-3H3,(H,15,17). The molecular weight excluding hydrogens is 274 g/mol. The number of hydrogen-bond acceptors (Lipinski definition) is 6. The first-order valence-corrected chi connectivity index (χ1v) is 7.40. The Hall–Kier alpha value is -1.82. The van der Waals surface area contributed by atoms with Crippen LogP contribution in [0.4, 0.5) is 5.13 Å². The molecule has 0 radical (unpaired) electrons. The largest absolute Gasteiger partial charge is 0.493 e. The van der Waals surface area contributed by atoms with Crippen molar-refractivity contribution in [3.05, 3.63) is 18.2 Å². The van der Waals surface area contributed by atoms with Crippen LogP contribution in [-0.4, -0.2) is 31.0 Å². The summed E-state index contributed by atoms with van der Waals surface area (Å²) in [5.41, 5.74) is 0.976. The molecule has 1 heterocycles. The first-order chi connectivity index (χ1) is 9.78. The molecule has 0 saturated heterocycles. The topological polar surface area (TPSA) is 56.3 Å². The number of benzene rings is 1. The minimum absolute atomic E-state index is 0.695. The third kappa shape index (κ3) is 3.39. The molecule has 0 saturated carbocycles.